The van der Waals surface area contributed by atoms with E-state index in [0.717, 1.165) is 18.8 Å². The topological polar surface area (TPSA) is 47.0 Å². The van der Waals surface area contributed by atoms with Crippen molar-refractivity contribution in [3.8, 4) is 0 Å². The maximum atomic E-state index is 6.17. The van der Waals surface area contributed by atoms with E-state index >= 15 is 0 Å². The second kappa shape index (κ2) is 6.52. The van der Waals surface area contributed by atoms with Crippen LogP contribution < -0.4 is 5.32 Å². The summed E-state index contributed by atoms with van der Waals surface area (Å²) in [5.41, 5.74) is 1.30. The Morgan fingerprint density at radius 3 is 2.95 bits per heavy atom. The predicted molar refractivity (Wildman–Crippen MR) is 89.1 cm³/mol. The van der Waals surface area contributed by atoms with E-state index in [9.17, 15) is 0 Å². The summed E-state index contributed by atoms with van der Waals surface area (Å²) in [4.78, 5) is 1.33. The number of aromatic nitrogens is 2. The molecule has 1 aromatic heterocycles. The van der Waals surface area contributed by atoms with Gasteiger partial charge in [0.15, 0.2) is 0 Å². The highest BCUT2D eigenvalue weighted by Gasteiger charge is 2.43. The summed E-state index contributed by atoms with van der Waals surface area (Å²) < 4.78 is 10.4. The molecule has 0 saturated carbocycles. The van der Waals surface area contributed by atoms with E-state index in [1.54, 1.807) is 11.5 Å². The van der Waals surface area contributed by atoms with Crippen LogP contribution in [0.25, 0.3) is 0 Å². The molecule has 2 aliphatic heterocycles. The third kappa shape index (κ3) is 3.14. The minimum Gasteiger partial charge on any atom is -0.374 e. The molecule has 1 N–H and O–H groups in total. The summed E-state index contributed by atoms with van der Waals surface area (Å²) >= 11 is 3.60. The van der Waals surface area contributed by atoms with Gasteiger partial charge in [0.05, 0.1) is 16.2 Å². The first-order valence-electron chi connectivity index (χ1n) is 7.86. The van der Waals surface area contributed by atoms with Crippen LogP contribution in [0.5, 0.6) is 0 Å². The van der Waals surface area contributed by atoms with E-state index < -0.39 is 0 Å². The molecule has 118 valence electrons. The fourth-order valence-corrected chi connectivity index (χ4v) is 6.00. The Morgan fingerprint density at radius 2 is 2.29 bits per heavy atom. The van der Waals surface area contributed by atoms with E-state index in [1.165, 1.54) is 29.2 Å². The molecule has 0 amide bonds. The maximum absolute atomic E-state index is 6.17. The minimum atomic E-state index is 0.138. The highest BCUT2D eigenvalue weighted by Crippen LogP contribution is 2.45. The molecule has 6 heteroatoms. The summed E-state index contributed by atoms with van der Waals surface area (Å²) in [6, 6.07) is 0.369. The van der Waals surface area contributed by atoms with Crippen LogP contribution >= 0.6 is 23.3 Å². The van der Waals surface area contributed by atoms with Gasteiger partial charge in [0.1, 0.15) is 0 Å². The van der Waals surface area contributed by atoms with Crippen molar-refractivity contribution in [2.75, 3.05) is 25.2 Å². The Hall–Kier alpha value is -0.170. The molecule has 0 radical (unpaired) electrons. The molecular formula is C15H25N3OS2. The van der Waals surface area contributed by atoms with Crippen LogP contribution in [0.1, 0.15) is 55.6 Å². The predicted octanol–water partition coefficient (Wildman–Crippen LogP) is 3.22. The van der Waals surface area contributed by atoms with Crippen molar-refractivity contribution in [3.05, 3.63) is 10.6 Å². The van der Waals surface area contributed by atoms with Crippen molar-refractivity contribution >= 4 is 23.3 Å². The van der Waals surface area contributed by atoms with Crippen molar-refractivity contribution in [2.45, 2.75) is 50.7 Å². The quantitative estimate of drug-likeness (QED) is 0.920. The molecule has 3 atom stereocenters. The number of rotatable bonds is 4. The lowest BCUT2D eigenvalue weighted by Crippen LogP contribution is -2.43. The highest BCUT2D eigenvalue weighted by molar-refractivity contribution is 7.99. The Balaban J connectivity index is 1.80. The molecular weight excluding hydrogens is 302 g/mol. The van der Waals surface area contributed by atoms with Crippen LogP contribution in [0.15, 0.2) is 0 Å². The van der Waals surface area contributed by atoms with Crippen molar-refractivity contribution in [2.24, 2.45) is 5.92 Å². The van der Waals surface area contributed by atoms with Gasteiger partial charge in [0.2, 0.25) is 0 Å². The second-order valence-corrected chi connectivity index (χ2v) is 8.42. The lowest BCUT2D eigenvalue weighted by atomic mass is 9.80. The molecule has 3 rings (SSSR count). The van der Waals surface area contributed by atoms with Crippen molar-refractivity contribution in [1.82, 2.24) is 14.9 Å². The zero-order valence-corrected chi connectivity index (χ0v) is 14.7. The number of hydrogen-bond donors (Lipinski definition) is 1. The summed E-state index contributed by atoms with van der Waals surface area (Å²) in [6.45, 7) is 5.30. The molecule has 3 heterocycles. The number of nitrogens with zero attached hydrogens (tertiary/aromatic N) is 2. The normalized spacial score (nSPS) is 31.1. The van der Waals surface area contributed by atoms with Gasteiger partial charge in [-0.15, -0.1) is 5.10 Å². The van der Waals surface area contributed by atoms with Crippen LogP contribution in [0.3, 0.4) is 0 Å². The van der Waals surface area contributed by atoms with Gasteiger partial charge in [0.25, 0.3) is 0 Å². The van der Waals surface area contributed by atoms with Gasteiger partial charge >= 0.3 is 0 Å². The van der Waals surface area contributed by atoms with Crippen LogP contribution in [-0.4, -0.2) is 40.3 Å². The lowest BCUT2D eigenvalue weighted by Gasteiger charge is -2.40. The van der Waals surface area contributed by atoms with Crippen LogP contribution in [0, 0.1) is 5.92 Å². The Morgan fingerprint density at radius 1 is 1.43 bits per heavy atom. The third-order valence-electron chi connectivity index (χ3n) is 4.75. The zero-order chi connectivity index (χ0) is 14.9. The van der Waals surface area contributed by atoms with E-state index in [4.69, 9.17) is 4.74 Å². The highest BCUT2D eigenvalue weighted by atomic mass is 32.2. The summed E-state index contributed by atoms with van der Waals surface area (Å²) in [7, 11) is 2.07. The molecule has 2 aliphatic rings. The molecule has 21 heavy (non-hydrogen) atoms. The Kier molecular flexibility index (Phi) is 4.88. The first-order chi connectivity index (χ1) is 10.2. The molecule has 0 aliphatic carbocycles. The molecule has 1 spiro atoms. The molecule has 0 aromatic carbocycles. The van der Waals surface area contributed by atoms with E-state index in [2.05, 4.69) is 35.8 Å². The van der Waals surface area contributed by atoms with Crippen molar-refractivity contribution in [1.29, 1.82) is 0 Å². The molecule has 4 nitrogen and oxygen atoms in total. The van der Waals surface area contributed by atoms with E-state index in [1.807, 2.05) is 11.8 Å². The zero-order valence-electron chi connectivity index (χ0n) is 13.1. The fraction of sp³-hybridized carbons (Fsp3) is 0.867. The van der Waals surface area contributed by atoms with Crippen LogP contribution in [-0.2, 0) is 4.74 Å². The first-order valence-corrected chi connectivity index (χ1v) is 9.79. The minimum absolute atomic E-state index is 0.138. The van der Waals surface area contributed by atoms with E-state index in [0.29, 0.717) is 17.9 Å². The fourth-order valence-electron chi connectivity index (χ4n) is 3.61. The summed E-state index contributed by atoms with van der Waals surface area (Å²) in [6.07, 6.45) is 3.51. The summed E-state index contributed by atoms with van der Waals surface area (Å²) in [5.74, 6) is 3.47. The number of ether oxygens (including phenoxy) is 1. The van der Waals surface area contributed by atoms with Gasteiger partial charge in [-0.1, -0.05) is 18.3 Å². The van der Waals surface area contributed by atoms with Crippen LogP contribution in [0.2, 0.25) is 0 Å². The number of thioether (sulfide) groups is 1. The molecule has 2 fully saturated rings. The lowest BCUT2D eigenvalue weighted by molar-refractivity contribution is -0.0849. The number of hydrogen-bond acceptors (Lipinski definition) is 6. The molecule has 2 saturated heterocycles. The average molecular weight is 328 g/mol. The SMILES string of the molecule is CNC(c1snnc1C(C)C)C1CCOC2(CCSC2)C1. The van der Waals surface area contributed by atoms with Gasteiger partial charge in [-0.3, -0.25) is 0 Å². The second-order valence-electron chi connectivity index (χ2n) is 6.53. The summed E-state index contributed by atoms with van der Waals surface area (Å²) in [5, 5.41) is 7.91. The maximum Gasteiger partial charge on any atom is 0.0829 e. The van der Waals surface area contributed by atoms with Gasteiger partial charge in [-0.05, 0) is 55.4 Å². The van der Waals surface area contributed by atoms with Gasteiger partial charge in [-0.25, -0.2) is 0 Å². The van der Waals surface area contributed by atoms with Crippen molar-refractivity contribution < 1.29 is 4.74 Å². The number of nitrogens with one attached hydrogen (secondary N) is 1. The van der Waals surface area contributed by atoms with Gasteiger partial charge in [0, 0.05) is 18.4 Å². The average Bonchev–Trinajstić information content (AvgIpc) is 3.10. The molecule has 3 unspecified atom stereocenters. The molecule has 1 aromatic rings. The Labute approximate surface area is 135 Å². The smallest absolute Gasteiger partial charge is 0.0829 e. The van der Waals surface area contributed by atoms with E-state index in [-0.39, 0.29) is 5.60 Å². The van der Waals surface area contributed by atoms with Gasteiger partial charge < -0.3 is 10.1 Å². The standard InChI is InChI=1S/C15H25N3OS2/c1-10(2)12-14(21-18-17-12)13(16-3)11-4-6-19-15(8-11)5-7-20-9-15/h10-11,13,16H,4-9H2,1-3H3. The first kappa shape index (κ1) is 15.7. The Bertz CT molecular complexity index is 471. The third-order valence-corrected chi connectivity index (χ3v) is 6.80. The largest absolute Gasteiger partial charge is 0.374 e. The van der Waals surface area contributed by atoms with Gasteiger partial charge in [-0.2, -0.15) is 11.8 Å². The molecule has 0 bridgehead atoms. The monoisotopic (exact) mass is 327 g/mol. The van der Waals surface area contributed by atoms with Crippen LogP contribution in [0.4, 0.5) is 0 Å². The van der Waals surface area contributed by atoms with Crippen molar-refractivity contribution in [3.63, 3.8) is 0 Å².